The van der Waals surface area contributed by atoms with E-state index >= 15 is 0 Å². The fourth-order valence-electron chi connectivity index (χ4n) is 3.27. The molecule has 0 aliphatic carbocycles. The van der Waals surface area contributed by atoms with E-state index in [0.29, 0.717) is 28.2 Å². The van der Waals surface area contributed by atoms with Gasteiger partial charge in [-0.15, -0.1) is 0 Å². The first-order chi connectivity index (χ1) is 15.8. The second kappa shape index (κ2) is 10.9. The first-order valence-corrected chi connectivity index (χ1v) is 10.7. The number of carbonyl (C=O) groups excluding carboxylic acids is 3. The van der Waals surface area contributed by atoms with E-state index in [4.69, 9.17) is 0 Å². The smallest absolute Gasteiger partial charge is 0.319 e. The Morgan fingerprint density at radius 2 is 1.27 bits per heavy atom. The molecule has 7 nitrogen and oxygen atoms in total. The van der Waals surface area contributed by atoms with Crippen LogP contribution in [0.5, 0.6) is 0 Å². The van der Waals surface area contributed by atoms with E-state index in [9.17, 15) is 14.4 Å². The van der Waals surface area contributed by atoms with Crippen LogP contribution in [0, 0.1) is 12.8 Å². The maximum absolute atomic E-state index is 13.0. The Hall–Kier alpha value is -4.13. The molecule has 0 saturated heterocycles. The minimum Gasteiger partial charge on any atom is -0.326 e. The van der Waals surface area contributed by atoms with E-state index in [-0.39, 0.29) is 17.7 Å². The van der Waals surface area contributed by atoms with Gasteiger partial charge in [0.2, 0.25) is 5.91 Å². The zero-order valence-corrected chi connectivity index (χ0v) is 18.9. The summed E-state index contributed by atoms with van der Waals surface area (Å²) >= 11 is 0. The van der Waals surface area contributed by atoms with Crippen LogP contribution < -0.4 is 21.3 Å². The predicted octanol–water partition coefficient (Wildman–Crippen LogP) is 5.03. The van der Waals surface area contributed by atoms with Gasteiger partial charge in [0, 0.05) is 22.6 Å². The summed E-state index contributed by atoms with van der Waals surface area (Å²) in [5.74, 6) is -0.725. The van der Waals surface area contributed by atoms with Crippen molar-refractivity contribution < 1.29 is 14.4 Å². The number of carbonyl (C=O) groups is 3. The van der Waals surface area contributed by atoms with E-state index in [2.05, 4.69) is 21.3 Å². The standard InChI is InChI=1S/C26H28N4O3/c1-17(2)23(30-26(33)27-20-13-8-5-9-14-20)25(32)29-22-16-10-15-21(18(22)3)28-24(31)19-11-6-4-7-12-19/h4-17,23H,1-3H3,(H,28,31)(H,29,32)(H2,27,30,33). The average molecular weight is 445 g/mol. The van der Waals surface area contributed by atoms with Crippen molar-refractivity contribution in [2.24, 2.45) is 5.92 Å². The monoisotopic (exact) mass is 444 g/mol. The molecule has 0 bridgehead atoms. The zero-order chi connectivity index (χ0) is 23.8. The van der Waals surface area contributed by atoms with Crippen LogP contribution in [-0.4, -0.2) is 23.9 Å². The molecule has 170 valence electrons. The Balaban J connectivity index is 1.69. The Labute approximate surface area is 193 Å². The number of para-hydroxylation sites is 1. The van der Waals surface area contributed by atoms with Gasteiger partial charge in [0.05, 0.1) is 0 Å². The van der Waals surface area contributed by atoms with Gasteiger partial charge < -0.3 is 21.3 Å². The number of hydrogen-bond donors (Lipinski definition) is 4. The lowest BCUT2D eigenvalue weighted by Crippen LogP contribution is -2.48. The molecule has 3 aromatic carbocycles. The third kappa shape index (κ3) is 6.43. The van der Waals surface area contributed by atoms with Crippen molar-refractivity contribution in [3.05, 3.63) is 90.0 Å². The van der Waals surface area contributed by atoms with Crippen LogP contribution in [0.4, 0.5) is 21.9 Å². The maximum Gasteiger partial charge on any atom is 0.319 e. The van der Waals surface area contributed by atoms with E-state index < -0.39 is 12.1 Å². The van der Waals surface area contributed by atoms with Crippen LogP contribution in [0.2, 0.25) is 0 Å². The van der Waals surface area contributed by atoms with Gasteiger partial charge in [-0.3, -0.25) is 9.59 Å². The Morgan fingerprint density at radius 1 is 0.697 bits per heavy atom. The highest BCUT2D eigenvalue weighted by Gasteiger charge is 2.25. The van der Waals surface area contributed by atoms with Crippen LogP contribution in [0.15, 0.2) is 78.9 Å². The molecular formula is C26H28N4O3. The summed E-state index contributed by atoms with van der Waals surface area (Å²) in [6.45, 7) is 5.53. The molecule has 0 aliphatic rings. The molecule has 1 unspecified atom stereocenters. The van der Waals surface area contributed by atoms with Gasteiger partial charge in [-0.05, 0) is 54.8 Å². The molecule has 4 amide bonds. The van der Waals surface area contributed by atoms with Crippen molar-refractivity contribution in [1.82, 2.24) is 5.32 Å². The van der Waals surface area contributed by atoms with Gasteiger partial charge in [-0.25, -0.2) is 4.79 Å². The minimum absolute atomic E-state index is 0.146. The van der Waals surface area contributed by atoms with E-state index in [0.717, 1.165) is 0 Å². The Bertz CT molecular complexity index is 1110. The van der Waals surface area contributed by atoms with Crippen LogP contribution in [0.25, 0.3) is 0 Å². The molecule has 0 fully saturated rings. The maximum atomic E-state index is 13.0. The number of nitrogens with one attached hydrogen (secondary N) is 4. The number of hydrogen-bond acceptors (Lipinski definition) is 3. The van der Waals surface area contributed by atoms with Crippen molar-refractivity contribution in [3.8, 4) is 0 Å². The number of amides is 4. The lowest BCUT2D eigenvalue weighted by atomic mass is 10.0. The molecule has 0 spiro atoms. The molecule has 1 atom stereocenters. The van der Waals surface area contributed by atoms with Crippen molar-refractivity contribution in [3.63, 3.8) is 0 Å². The largest absolute Gasteiger partial charge is 0.326 e. The number of rotatable bonds is 7. The minimum atomic E-state index is -0.754. The van der Waals surface area contributed by atoms with Gasteiger partial charge in [0.25, 0.3) is 5.91 Å². The Morgan fingerprint density at radius 3 is 1.88 bits per heavy atom. The van der Waals surface area contributed by atoms with E-state index in [1.54, 1.807) is 54.6 Å². The number of benzene rings is 3. The SMILES string of the molecule is Cc1c(NC(=O)c2ccccc2)cccc1NC(=O)C(NC(=O)Nc1ccccc1)C(C)C. The first kappa shape index (κ1) is 23.5. The van der Waals surface area contributed by atoms with Crippen molar-refractivity contribution in [1.29, 1.82) is 0 Å². The third-order valence-electron chi connectivity index (χ3n) is 5.14. The van der Waals surface area contributed by atoms with Gasteiger partial charge in [0.1, 0.15) is 6.04 Å². The molecule has 33 heavy (non-hydrogen) atoms. The molecule has 0 radical (unpaired) electrons. The molecular weight excluding hydrogens is 416 g/mol. The summed E-state index contributed by atoms with van der Waals surface area (Å²) in [5.41, 5.74) is 3.04. The number of urea groups is 1. The summed E-state index contributed by atoms with van der Waals surface area (Å²) in [4.78, 5) is 37.9. The summed E-state index contributed by atoms with van der Waals surface area (Å²) in [5, 5.41) is 11.2. The highest BCUT2D eigenvalue weighted by molar-refractivity contribution is 6.05. The average Bonchev–Trinajstić information content (AvgIpc) is 2.81. The summed E-state index contributed by atoms with van der Waals surface area (Å²) in [6, 6.07) is 22.0. The highest BCUT2D eigenvalue weighted by Crippen LogP contribution is 2.24. The fourth-order valence-corrected chi connectivity index (χ4v) is 3.27. The van der Waals surface area contributed by atoms with Crippen molar-refractivity contribution in [2.75, 3.05) is 16.0 Å². The fraction of sp³-hybridized carbons (Fsp3) is 0.192. The topological polar surface area (TPSA) is 99.3 Å². The molecule has 4 N–H and O–H groups in total. The van der Waals surface area contributed by atoms with Gasteiger partial charge in [-0.2, -0.15) is 0 Å². The van der Waals surface area contributed by atoms with Crippen LogP contribution >= 0.6 is 0 Å². The van der Waals surface area contributed by atoms with Crippen molar-refractivity contribution >= 4 is 34.9 Å². The summed E-state index contributed by atoms with van der Waals surface area (Å²) < 4.78 is 0. The van der Waals surface area contributed by atoms with Gasteiger partial charge >= 0.3 is 6.03 Å². The van der Waals surface area contributed by atoms with Crippen LogP contribution in [-0.2, 0) is 4.79 Å². The van der Waals surface area contributed by atoms with Crippen LogP contribution in [0.1, 0.15) is 29.8 Å². The first-order valence-electron chi connectivity index (χ1n) is 10.7. The second-order valence-electron chi connectivity index (χ2n) is 7.97. The normalized spacial score (nSPS) is 11.4. The molecule has 0 aliphatic heterocycles. The third-order valence-corrected chi connectivity index (χ3v) is 5.14. The molecule has 0 aromatic heterocycles. The summed E-state index contributed by atoms with van der Waals surface area (Å²) in [6.07, 6.45) is 0. The number of anilines is 3. The molecule has 0 saturated carbocycles. The quantitative estimate of drug-likeness (QED) is 0.411. The molecule has 3 rings (SSSR count). The van der Waals surface area contributed by atoms with E-state index in [1.165, 1.54) is 0 Å². The summed E-state index contributed by atoms with van der Waals surface area (Å²) in [7, 11) is 0. The second-order valence-corrected chi connectivity index (χ2v) is 7.97. The molecule has 0 heterocycles. The van der Waals surface area contributed by atoms with Gasteiger partial charge in [-0.1, -0.05) is 56.3 Å². The predicted molar refractivity (Wildman–Crippen MR) is 131 cm³/mol. The van der Waals surface area contributed by atoms with Crippen molar-refractivity contribution in [2.45, 2.75) is 26.8 Å². The highest BCUT2D eigenvalue weighted by atomic mass is 16.2. The zero-order valence-electron chi connectivity index (χ0n) is 18.9. The lowest BCUT2D eigenvalue weighted by Gasteiger charge is -2.23. The lowest BCUT2D eigenvalue weighted by molar-refractivity contribution is -0.118. The van der Waals surface area contributed by atoms with E-state index in [1.807, 2.05) is 45.0 Å². The Kier molecular flexibility index (Phi) is 7.81. The van der Waals surface area contributed by atoms with Crippen LogP contribution in [0.3, 0.4) is 0 Å². The molecule has 3 aromatic rings. The molecule has 7 heteroatoms. The van der Waals surface area contributed by atoms with Gasteiger partial charge in [0.15, 0.2) is 0 Å².